The molecule has 0 amide bonds. The minimum atomic E-state index is -0.693. The summed E-state index contributed by atoms with van der Waals surface area (Å²) in [5.41, 5.74) is 0. The third-order valence-electron chi connectivity index (χ3n) is 3.02. The summed E-state index contributed by atoms with van der Waals surface area (Å²) in [4.78, 5) is 10.9. The van der Waals surface area contributed by atoms with Crippen LogP contribution < -0.4 is 4.74 Å². The van der Waals surface area contributed by atoms with E-state index >= 15 is 0 Å². The molecule has 1 N–H and O–H groups in total. The fourth-order valence-electron chi connectivity index (χ4n) is 2.17. The molecule has 0 saturated heterocycles. The first-order chi connectivity index (χ1) is 7.75. The van der Waals surface area contributed by atoms with Crippen molar-refractivity contribution < 1.29 is 14.6 Å². The predicted octanol–water partition coefficient (Wildman–Crippen LogP) is 2.71. The van der Waals surface area contributed by atoms with Crippen LogP contribution in [0.1, 0.15) is 25.7 Å². The fraction of sp³-hybridized carbons (Fsp3) is 0.462. The van der Waals surface area contributed by atoms with Gasteiger partial charge in [-0.15, -0.1) is 0 Å². The van der Waals surface area contributed by atoms with Crippen molar-refractivity contribution in [2.75, 3.05) is 0 Å². The second-order valence-corrected chi connectivity index (χ2v) is 4.25. The Morgan fingerprint density at radius 2 is 2.00 bits per heavy atom. The van der Waals surface area contributed by atoms with Crippen LogP contribution in [0, 0.1) is 5.92 Å². The molecule has 0 spiro atoms. The Morgan fingerprint density at radius 1 is 1.25 bits per heavy atom. The van der Waals surface area contributed by atoms with Crippen LogP contribution in [-0.2, 0) is 4.79 Å². The topological polar surface area (TPSA) is 46.5 Å². The summed E-state index contributed by atoms with van der Waals surface area (Å²) >= 11 is 0. The zero-order valence-corrected chi connectivity index (χ0v) is 9.13. The molecule has 1 aliphatic rings. The third kappa shape index (κ3) is 2.75. The number of carbonyl (C=O) groups is 1. The smallest absolute Gasteiger partial charge is 0.306 e. The van der Waals surface area contributed by atoms with Gasteiger partial charge < -0.3 is 9.84 Å². The summed E-state index contributed by atoms with van der Waals surface area (Å²) in [7, 11) is 0. The summed E-state index contributed by atoms with van der Waals surface area (Å²) in [6.45, 7) is 0. The van der Waals surface area contributed by atoms with Crippen molar-refractivity contribution in [3.05, 3.63) is 30.3 Å². The maximum Gasteiger partial charge on any atom is 0.306 e. The van der Waals surface area contributed by atoms with E-state index in [4.69, 9.17) is 9.84 Å². The molecule has 1 fully saturated rings. The Morgan fingerprint density at radius 3 is 2.69 bits per heavy atom. The van der Waals surface area contributed by atoms with E-state index in [0.717, 1.165) is 25.0 Å². The number of para-hydroxylation sites is 1. The highest BCUT2D eigenvalue weighted by molar-refractivity contribution is 5.70. The molecule has 0 heterocycles. The standard InChI is InChI=1S/C13H16O3/c14-13(15)10-5-4-8-12(9-10)16-11-6-2-1-3-7-11/h1-3,6-7,10,12H,4-5,8-9H2,(H,14,15)/t10-,12-/m1/s1. The highest BCUT2D eigenvalue weighted by atomic mass is 16.5. The highest BCUT2D eigenvalue weighted by Gasteiger charge is 2.27. The Hall–Kier alpha value is -1.51. The third-order valence-corrected chi connectivity index (χ3v) is 3.02. The SMILES string of the molecule is O=C(O)[C@@H]1CCC[C@@H](Oc2ccccc2)C1. The first-order valence-electron chi connectivity index (χ1n) is 5.70. The lowest BCUT2D eigenvalue weighted by atomic mass is 9.87. The van der Waals surface area contributed by atoms with Crippen LogP contribution in [-0.4, -0.2) is 17.2 Å². The van der Waals surface area contributed by atoms with Gasteiger partial charge in [0.15, 0.2) is 0 Å². The van der Waals surface area contributed by atoms with E-state index in [1.54, 1.807) is 0 Å². The molecule has 16 heavy (non-hydrogen) atoms. The highest BCUT2D eigenvalue weighted by Crippen LogP contribution is 2.27. The van der Waals surface area contributed by atoms with Gasteiger partial charge in [0, 0.05) is 0 Å². The first-order valence-corrected chi connectivity index (χ1v) is 5.70. The van der Waals surface area contributed by atoms with Gasteiger partial charge in [-0.3, -0.25) is 4.79 Å². The lowest BCUT2D eigenvalue weighted by Crippen LogP contribution is -2.29. The zero-order chi connectivity index (χ0) is 11.4. The summed E-state index contributed by atoms with van der Waals surface area (Å²) in [6.07, 6.45) is 3.36. The van der Waals surface area contributed by atoms with E-state index in [0.29, 0.717) is 6.42 Å². The largest absolute Gasteiger partial charge is 0.490 e. The van der Waals surface area contributed by atoms with Gasteiger partial charge in [0.05, 0.1) is 12.0 Å². The van der Waals surface area contributed by atoms with Crippen molar-refractivity contribution in [1.29, 1.82) is 0 Å². The molecule has 1 aromatic carbocycles. The van der Waals surface area contributed by atoms with Gasteiger partial charge in [-0.2, -0.15) is 0 Å². The van der Waals surface area contributed by atoms with Crippen molar-refractivity contribution >= 4 is 5.97 Å². The zero-order valence-electron chi connectivity index (χ0n) is 9.13. The molecule has 2 atom stereocenters. The Balaban J connectivity index is 1.93. The van der Waals surface area contributed by atoms with E-state index < -0.39 is 5.97 Å². The summed E-state index contributed by atoms with van der Waals surface area (Å²) in [6, 6.07) is 9.60. The van der Waals surface area contributed by atoms with Gasteiger partial charge in [-0.25, -0.2) is 0 Å². The molecule has 0 aromatic heterocycles. The summed E-state index contributed by atoms with van der Waals surface area (Å²) < 4.78 is 5.77. The van der Waals surface area contributed by atoms with Crippen LogP contribution in [0.2, 0.25) is 0 Å². The second-order valence-electron chi connectivity index (χ2n) is 4.25. The number of hydrogen-bond acceptors (Lipinski definition) is 2. The molecular weight excluding hydrogens is 204 g/mol. The normalized spacial score (nSPS) is 25.0. The Bertz CT molecular complexity index is 347. The van der Waals surface area contributed by atoms with Gasteiger partial charge in [0.2, 0.25) is 0 Å². The summed E-state index contributed by atoms with van der Waals surface area (Å²) in [5, 5.41) is 8.97. The maximum absolute atomic E-state index is 10.9. The van der Waals surface area contributed by atoms with Crippen molar-refractivity contribution in [2.24, 2.45) is 5.92 Å². The van der Waals surface area contributed by atoms with E-state index in [1.807, 2.05) is 30.3 Å². The Labute approximate surface area is 95.0 Å². The number of carboxylic acids is 1. The van der Waals surface area contributed by atoms with Gasteiger partial charge >= 0.3 is 5.97 Å². The van der Waals surface area contributed by atoms with Gasteiger partial charge in [0.25, 0.3) is 0 Å². The average molecular weight is 220 g/mol. The molecule has 0 aliphatic heterocycles. The van der Waals surface area contributed by atoms with Gasteiger partial charge in [-0.1, -0.05) is 18.2 Å². The molecule has 0 bridgehead atoms. The van der Waals surface area contributed by atoms with Crippen LogP contribution in [0.3, 0.4) is 0 Å². The van der Waals surface area contributed by atoms with Crippen molar-refractivity contribution in [3.63, 3.8) is 0 Å². The quantitative estimate of drug-likeness (QED) is 0.851. The fourth-order valence-corrected chi connectivity index (χ4v) is 2.17. The van der Waals surface area contributed by atoms with Crippen LogP contribution in [0.4, 0.5) is 0 Å². The predicted molar refractivity (Wildman–Crippen MR) is 60.5 cm³/mol. The molecule has 3 nitrogen and oxygen atoms in total. The monoisotopic (exact) mass is 220 g/mol. The lowest BCUT2D eigenvalue weighted by molar-refractivity contribution is -0.143. The van der Waals surface area contributed by atoms with Crippen molar-refractivity contribution in [1.82, 2.24) is 0 Å². The van der Waals surface area contributed by atoms with E-state index in [-0.39, 0.29) is 12.0 Å². The molecule has 3 heteroatoms. The number of aliphatic carboxylic acids is 1. The second kappa shape index (κ2) is 5.01. The number of carboxylic acid groups (broad SMARTS) is 1. The maximum atomic E-state index is 10.9. The molecule has 1 aliphatic carbocycles. The molecular formula is C13H16O3. The van der Waals surface area contributed by atoms with Crippen molar-refractivity contribution in [2.45, 2.75) is 31.8 Å². The number of benzene rings is 1. The average Bonchev–Trinajstić information content (AvgIpc) is 2.30. The molecule has 1 saturated carbocycles. The minimum Gasteiger partial charge on any atom is -0.490 e. The number of rotatable bonds is 3. The number of ether oxygens (including phenoxy) is 1. The van der Waals surface area contributed by atoms with E-state index in [1.165, 1.54) is 0 Å². The lowest BCUT2D eigenvalue weighted by Gasteiger charge is -2.27. The van der Waals surface area contributed by atoms with E-state index in [9.17, 15) is 4.79 Å². The molecule has 0 radical (unpaired) electrons. The first kappa shape index (κ1) is 11.0. The number of hydrogen-bond donors (Lipinski definition) is 1. The van der Waals surface area contributed by atoms with Gasteiger partial charge in [0.1, 0.15) is 5.75 Å². The summed E-state index contributed by atoms with van der Waals surface area (Å²) in [5.74, 6) is -0.0950. The Kier molecular flexibility index (Phi) is 3.44. The molecule has 1 aromatic rings. The minimum absolute atomic E-state index is 0.0530. The van der Waals surface area contributed by atoms with Crippen molar-refractivity contribution in [3.8, 4) is 5.75 Å². The van der Waals surface area contributed by atoms with Gasteiger partial charge in [-0.05, 0) is 37.8 Å². The molecule has 0 unspecified atom stereocenters. The van der Waals surface area contributed by atoms with E-state index in [2.05, 4.69) is 0 Å². The van der Waals surface area contributed by atoms with Crippen LogP contribution in [0.5, 0.6) is 5.75 Å². The van der Waals surface area contributed by atoms with Crippen LogP contribution >= 0.6 is 0 Å². The molecule has 2 rings (SSSR count). The molecule has 86 valence electrons. The van der Waals surface area contributed by atoms with Crippen LogP contribution in [0.15, 0.2) is 30.3 Å². The van der Waals surface area contributed by atoms with Crippen LogP contribution in [0.25, 0.3) is 0 Å².